The third-order valence-corrected chi connectivity index (χ3v) is 7.24. The van der Waals surface area contributed by atoms with E-state index in [1.807, 2.05) is 25.2 Å². The molecule has 2 rings (SSSR count). The zero-order valence-corrected chi connectivity index (χ0v) is 14.6. The number of rotatable bonds is 3. The highest BCUT2D eigenvalue weighted by Gasteiger charge is 2.55. The van der Waals surface area contributed by atoms with E-state index in [2.05, 4.69) is 44.4 Å². The molecule has 0 spiro atoms. The normalized spacial score (nSPS) is 31.7. The fraction of sp³-hybridized carbons (Fsp3) is 0.600. The molecule has 0 radical (unpaired) electrons. The minimum atomic E-state index is -2.80. The maximum atomic E-state index is 6.69. The fourth-order valence-corrected chi connectivity index (χ4v) is 5.45. The van der Waals surface area contributed by atoms with E-state index in [4.69, 9.17) is 19.9 Å². The summed E-state index contributed by atoms with van der Waals surface area (Å²) in [4.78, 5) is 0. The molecule has 3 nitrogen and oxygen atoms in total. The molecule has 1 aromatic rings. The Hall–Kier alpha value is -0.393. The number of nitrogens with zero attached hydrogens (tertiary/aromatic N) is 1. The lowest BCUT2D eigenvalue weighted by molar-refractivity contribution is 0.117. The van der Waals surface area contributed by atoms with Crippen LogP contribution >= 0.6 is 11.1 Å². The van der Waals surface area contributed by atoms with E-state index < -0.39 is 8.03 Å². The highest BCUT2D eigenvalue weighted by Crippen LogP contribution is 2.40. The summed E-state index contributed by atoms with van der Waals surface area (Å²) in [6, 6.07) is 10.4. The molecule has 1 heterocycles. The summed E-state index contributed by atoms with van der Waals surface area (Å²) < 4.78 is 14.2. The van der Waals surface area contributed by atoms with E-state index in [0.29, 0.717) is 6.61 Å². The van der Waals surface area contributed by atoms with Crippen LogP contribution in [0.5, 0.6) is 0 Å². The van der Waals surface area contributed by atoms with Gasteiger partial charge in [0.2, 0.25) is 0 Å². The molecular weight excluding hydrogens is 290 g/mol. The topological polar surface area (TPSA) is 21.7 Å². The standard InChI is InChI=1S/C15H24ClNO2Si/c1-12-14(13-9-7-6-8-10-13)19-20(16,17(12)5)18-11-15(2,3)4/h6-10,12,14H,11H2,1-5H3/t12-,14+,20-/m1/s1. The van der Waals surface area contributed by atoms with E-state index in [1.54, 1.807) is 0 Å². The molecule has 1 saturated heterocycles. The van der Waals surface area contributed by atoms with E-state index in [9.17, 15) is 0 Å². The lowest BCUT2D eigenvalue weighted by atomic mass is 9.99. The summed E-state index contributed by atoms with van der Waals surface area (Å²) >= 11 is 6.69. The lowest BCUT2D eigenvalue weighted by Crippen LogP contribution is -2.49. The van der Waals surface area contributed by atoms with Crippen molar-refractivity contribution in [3.8, 4) is 0 Å². The maximum absolute atomic E-state index is 6.69. The van der Waals surface area contributed by atoms with Crippen molar-refractivity contribution < 1.29 is 8.85 Å². The van der Waals surface area contributed by atoms with Gasteiger partial charge >= 0.3 is 8.03 Å². The highest BCUT2D eigenvalue weighted by atomic mass is 35.6. The first-order valence-electron chi connectivity index (χ1n) is 7.01. The first-order chi connectivity index (χ1) is 9.23. The molecule has 0 unspecified atom stereocenters. The summed E-state index contributed by atoms with van der Waals surface area (Å²) in [7, 11) is -0.807. The van der Waals surface area contributed by atoms with Gasteiger partial charge in [0.1, 0.15) is 0 Å². The predicted octanol–water partition coefficient (Wildman–Crippen LogP) is 3.82. The molecule has 112 valence electrons. The van der Waals surface area contributed by atoms with Crippen LogP contribution in [0, 0.1) is 5.41 Å². The quantitative estimate of drug-likeness (QED) is 0.625. The summed E-state index contributed by atoms with van der Waals surface area (Å²) in [5.74, 6) is 0. The van der Waals surface area contributed by atoms with Crippen LogP contribution in [0.25, 0.3) is 0 Å². The van der Waals surface area contributed by atoms with Crippen LogP contribution < -0.4 is 0 Å². The Morgan fingerprint density at radius 2 is 1.90 bits per heavy atom. The van der Waals surface area contributed by atoms with Crippen LogP contribution in [-0.2, 0) is 8.85 Å². The molecule has 0 amide bonds. The van der Waals surface area contributed by atoms with Crippen molar-refractivity contribution in [2.24, 2.45) is 5.41 Å². The van der Waals surface area contributed by atoms with Crippen molar-refractivity contribution in [2.45, 2.75) is 39.8 Å². The molecule has 0 saturated carbocycles. The highest BCUT2D eigenvalue weighted by molar-refractivity contribution is 7.11. The Bertz CT molecular complexity index is 451. The number of likely N-dealkylation sites (N-methyl/N-ethyl adjacent to an activating group) is 1. The van der Waals surface area contributed by atoms with Gasteiger partial charge in [0, 0.05) is 12.6 Å². The molecule has 5 heteroatoms. The van der Waals surface area contributed by atoms with Gasteiger partial charge < -0.3 is 8.85 Å². The molecule has 0 aromatic heterocycles. The van der Waals surface area contributed by atoms with Gasteiger partial charge in [-0.2, -0.15) is 0 Å². The Balaban J connectivity index is 2.14. The second kappa shape index (κ2) is 5.77. The number of halogens is 1. The second-order valence-corrected chi connectivity index (χ2v) is 10.3. The van der Waals surface area contributed by atoms with Gasteiger partial charge in [-0.1, -0.05) is 62.2 Å². The average molecular weight is 314 g/mol. The maximum Gasteiger partial charge on any atom is 0.537 e. The molecule has 1 aromatic carbocycles. The van der Waals surface area contributed by atoms with Gasteiger partial charge in [-0.25, -0.2) is 0 Å². The Morgan fingerprint density at radius 3 is 2.45 bits per heavy atom. The molecule has 1 aliphatic rings. The predicted molar refractivity (Wildman–Crippen MR) is 84.5 cm³/mol. The third-order valence-electron chi connectivity index (χ3n) is 3.55. The lowest BCUT2D eigenvalue weighted by Gasteiger charge is -2.29. The molecule has 0 bridgehead atoms. The van der Waals surface area contributed by atoms with Gasteiger partial charge in [-0.05, 0) is 24.9 Å². The first kappa shape index (κ1) is 16.0. The van der Waals surface area contributed by atoms with Crippen molar-refractivity contribution in [1.29, 1.82) is 0 Å². The van der Waals surface area contributed by atoms with Crippen LogP contribution in [-0.4, -0.2) is 32.3 Å². The number of hydrogen-bond acceptors (Lipinski definition) is 3. The van der Waals surface area contributed by atoms with Gasteiger partial charge in [-0.15, -0.1) is 0 Å². The Morgan fingerprint density at radius 1 is 1.30 bits per heavy atom. The summed E-state index contributed by atoms with van der Waals surface area (Å²) in [5.41, 5.74) is 1.23. The van der Waals surface area contributed by atoms with Crippen molar-refractivity contribution >= 4 is 19.1 Å². The van der Waals surface area contributed by atoms with Gasteiger partial charge in [-0.3, -0.25) is 4.57 Å². The molecule has 1 fully saturated rings. The van der Waals surface area contributed by atoms with Gasteiger partial charge in [0.25, 0.3) is 0 Å². The van der Waals surface area contributed by atoms with Crippen molar-refractivity contribution in [3.63, 3.8) is 0 Å². The summed E-state index contributed by atoms with van der Waals surface area (Å²) in [5, 5.41) is 0. The number of benzene rings is 1. The number of hydrogen-bond donors (Lipinski definition) is 0. The molecule has 1 aliphatic heterocycles. The largest absolute Gasteiger partial charge is 0.537 e. The fourth-order valence-electron chi connectivity index (χ4n) is 2.22. The molecule has 0 N–H and O–H groups in total. The van der Waals surface area contributed by atoms with Crippen molar-refractivity contribution in [3.05, 3.63) is 35.9 Å². The summed E-state index contributed by atoms with van der Waals surface area (Å²) in [6.07, 6.45) is -0.0228. The van der Waals surface area contributed by atoms with Gasteiger partial charge in [0.05, 0.1) is 6.10 Å². The Labute approximate surface area is 127 Å². The van der Waals surface area contributed by atoms with Crippen molar-refractivity contribution in [1.82, 2.24) is 4.57 Å². The minimum Gasteiger partial charge on any atom is -0.370 e. The Kier molecular flexibility index (Phi) is 4.62. The summed E-state index contributed by atoms with van der Waals surface area (Å²) in [6.45, 7) is 9.13. The molecule has 20 heavy (non-hydrogen) atoms. The van der Waals surface area contributed by atoms with Crippen LogP contribution in [0.15, 0.2) is 30.3 Å². The van der Waals surface area contributed by atoms with E-state index >= 15 is 0 Å². The molecule has 0 aliphatic carbocycles. The van der Waals surface area contributed by atoms with Gasteiger partial charge in [0.15, 0.2) is 0 Å². The zero-order chi connectivity index (χ0) is 15.0. The van der Waals surface area contributed by atoms with E-state index in [1.165, 1.54) is 0 Å². The SMILES string of the molecule is C[C@@H]1[C@@H](c2ccccc2)O[Si@@](Cl)(OCC(C)(C)C)N1C. The monoisotopic (exact) mass is 313 g/mol. The van der Waals surface area contributed by atoms with Crippen LogP contribution in [0.2, 0.25) is 0 Å². The van der Waals surface area contributed by atoms with Crippen molar-refractivity contribution in [2.75, 3.05) is 13.7 Å². The van der Waals surface area contributed by atoms with E-state index in [0.717, 1.165) is 5.56 Å². The molecule has 3 atom stereocenters. The van der Waals surface area contributed by atoms with Crippen LogP contribution in [0.1, 0.15) is 39.4 Å². The first-order valence-corrected chi connectivity index (χ1v) is 9.79. The smallest absolute Gasteiger partial charge is 0.370 e. The van der Waals surface area contributed by atoms with E-state index in [-0.39, 0.29) is 17.6 Å². The van der Waals surface area contributed by atoms with Crippen LogP contribution in [0.4, 0.5) is 0 Å². The minimum absolute atomic E-state index is 0.0228. The zero-order valence-electron chi connectivity index (χ0n) is 12.9. The molecular formula is C15H24ClNO2Si. The average Bonchev–Trinajstić information content (AvgIpc) is 2.62. The van der Waals surface area contributed by atoms with Crippen LogP contribution in [0.3, 0.4) is 0 Å². The second-order valence-electron chi connectivity index (χ2n) is 6.65. The third kappa shape index (κ3) is 3.43.